The summed E-state index contributed by atoms with van der Waals surface area (Å²) in [7, 11) is 0. The van der Waals surface area contributed by atoms with Crippen LogP contribution in [0.3, 0.4) is 0 Å². The largest absolute Gasteiger partial charge is 0.481 e. The van der Waals surface area contributed by atoms with Gasteiger partial charge in [-0.2, -0.15) is 0 Å². The number of unbranched alkanes of at least 4 members (excludes halogenated alkanes) is 3. The molecule has 0 aromatic carbocycles. The van der Waals surface area contributed by atoms with Gasteiger partial charge in [-0.15, -0.1) is 0 Å². The van der Waals surface area contributed by atoms with Crippen LogP contribution in [0.5, 0.6) is 0 Å². The second-order valence-corrected chi connectivity index (χ2v) is 24.4. The second-order valence-electron chi connectivity index (χ2n) is 24.4. The molecule has 10 amide bonds. The highest BCUT2D eigenvalue weighted by atomic mass is 16.4. The van der Waals surface area contributed by atoms with Crippen molar-refractivity contribution in [2.75, 3.05) is 39.3 Å². The number of guanidine groups is 3. The Bertz CT molecular complexity index is 2820. The van der Waals surface area contributed by atoms with Crippen molar-refractivity contribution in [1.29, 1.82) is 0 Å². The van der Waals surface area contributed by atoms with Gasteiger partial charge in [0.1, 0.15) is 60.4 Å². The van der Waals surface area contributed by atoms with Crippen LogP contribution >= 0.6 is 0 Å². The van der Waals surface area contributed by atoms with Crippen LogP contribution < -0.4 is 111 Å². The first-order valence-corrected chi connectivity index (χ1v) is 33.6. The Morgan fingerprint density at radius 1 is 0.314 bits per heavy atom. The molecule has 0 saturated carbocycles. The van der Waals surface area contributed by atoms with Crippen molar-refractivity contribution in [1.82, 2.24) is 53.2 Å². The third-order valence-corrected chi connectivity index (χ3v) is 15.3. The molecule has 0 bridgehead atoms. The number of aliphatic carboxylic acids is 4. The van der Waals surface area contributed by atoms with E-state index >= 15 is 0 Å². The van der Waals surface area contributed by atoms with Gasteiger partial charge in [-0.3, -0.25) is 77.3 Å². The fourth-order valence-corrected chi connectivity index (χ4v) is 9.69. The number of aliphatic imine (C=N–C) groups is 3. The number of carbonyl (C=O) groups excluding carboxylic acids is 10. The fourth-order valence-electron chi connectivity index (χ4n) is 9.69. The zero-order valence-corrected chi connectivity index (χ0v) is 58.2. The summed E-state index contributed by atoms with van der Waals surface area (Å²) in [4.78, 5) is 200. The van der Waals surface area contributed by atoms with Crippen LogP contribution in [0.2, 0.25) is 0 Å². The standard InChI is InChI=1S/C60H111N23O19/c1-31(2)45(55(99)80-39(20-23-43(87)88)52(96)77-37(18-12-30-73-60(69)70)50(94)78-38(19-22-42(85)86)53(97)81-41(57(101)102)15-6-9-27-63)82-56(100)46(32(3)84)83-54(98)40(21-24-44(89)90)79-51(95)36(17-11-29-72-59(67)68)76-49(93)35(16-10-28-71-58(65)66)75-48(92)34(14-5-8-26-62)74-47(91)33(64)13-4-7-25-61/h31-41,45-46,84H,4-30,61-64H2,1-3H3,(H,74,91)(H,75,92)(H,76,93)(H,77,96)(H,78,94)(H,79,95)(H,80,99)(H,81,97)(H,82,100)(H,83,98)(H,85,86)(H,87,88)(H,89,90)(H,101,102)(H4,65,66,71)(H4,67,68,72)(H4,69,70,73)/t32-,33+,34+,35+,36+,37+,38+,39+,40+,41+,45+,46+/m1/s1. The molecule has 0 aromatic heterocycles. The lowest BCUT2D eigenvalue weighted by molar-refractivity contribution is -0.143. The van der Waals surface area contributed by atoms with Gasteiger partial charge in [0.05, 0.1) is 12.1 Å². The van der Waals surface area contributed by atoms with E-state index in [-0.39, 0.29) is 115 Å². The third kappa shape index (κ3) is 40.4. The number of hydrogen-bond donors (Lipinski definition) is 25. The molecule has 0 aliphatic rings. The maximum atomic E-state index is 14.5. The number of carboxylic acids is 4. The summed E-state index contributed by atoms with van der Waals surface area (Å²) in [5.41, 5.74) is 55.9. The van der Waals surface area contributed by atoms with E-state index in [9.17, 15) is 92.7 Å². The summed E-state index contributed by atoms with van der Waals surface area (Å²) >= 11 is 0. The number of rotatable bonds is 56. The minimum absolute atomic E-state index is 0.0285. The van der Waals surface area contributed by atoms with E-state index in [1.165, 1.54) is 13.8 Å². The van der Waals surface area contributed by atoms with Gasteiger partial charge >= 0.3 is 23.9 Å². The Morgan fingerprint density at radius 3 is 0.843 bits per heavy atom. The van der Waals surface area contributed by atoms with E-state index in [0.717, 1.165) is 6.92 Å². The summed E-state index contributed by atoms with van der Waals surface area (Å²) < 4.78 is 0. The highest BCUT2D eigenvalue weighted by molar-refractivity contribution is 5.99. The monoisotopic (exact) mass is 1460 g/mol. The first-order chi connectivity index (χ1) is 48.0. The molecule has 0 fully saturated rings. The van der Waals surface area contributed by atoms with Crippen LogP contribution in [-0.4, -0.2) is 238 Å². The molecule has 0 aromatic rings. The summed E-state index contributed by atoms with van der Waals surface area (Å²) in [6, 6.07) is -17.7. The average Bonchev–Trinajstić information content (AvgIpc) is 0.854. The van der Waals surface area contributed by atoms with Gasteiger partial charge in [0.15, 0.2) is 17.9 Å². The molecule has 102 heavy (non-hydrogen) atoms. The lowest BCUT2D eigenvalue weighted by atomic mass is 10.0. The molecule has 0 aliphatic heterocycles. The summed E-state index contributed by atoms with van der Waals surface area (Å²) in [5, 5.41) is 73.9. The van der Waals surface area contributed by atoms with Gasteiger partial charge in [-0.1, -0.05) is 20.3 Å². The molecule has 0 aliphatic carbocycles. The van der Waals surface area contributed by atoms with Crippen LogP contribution in [0.25, 0.3) is 0 Å². The van der Waals surface area contributed by atoms with Crippen molar-refractivity contribution in [2.45, 2.75) is 228 Å². The quantitative estimate of drug-likeness (QED) is 0.0153. The van der Waals surface area contributed by atoms with Crippen molar-refractivity contribution in [3.05, 3.63) is 0 Å². The lowest BCUT2D eigenvalue weighted by Gasteiger charge is -2.30. The number of carboxylic acid groups (broad SMARTS) is 4. The van der Waals surface area contributed by atoms with Crippen LogP contribution in [0.4, 0.5) is 0 Å². The highest BCUT2D eigenvalue weighted by Gasteiger charge is 2.38. The summed E-state index contributed by atoms with van der Waals surface area (Å²) in [5.74, 6) is -18.4. The van der Waals surface area contributed by atoms with Crippen LogP contribution in [0.15, 0.2) is 15.0 Å². The van der Waals surface area contributed by atoms with E-state index in [4.69, 9.17) is 57.3 Å². The molecular formula is C60H111N23O19. The smallest absolute Gasteiger partial charge is 0.326 e. The number of hydrogen-bond acceptors (Lipinski definition) is 22. The molecule has 12 atom stereocenters. The van der Waals surface area contributed by atoms with Gasteiger partial charge in [0.2, 0.25) is 59.1 Å². The van der Waals surface area contributed by atoms with Crippen molar-refractivity contribution in [3.8, 4) is 0 Å². The molecular weight excluding hydrogens is 1350 g/mol. The van der Waals surface area contributed by atoms with E-state index in [2.05, 4.69) is 68.1 Å². The topological polar surface area (TPSA) is 758 Å². The van der Waals surface area contributed by atoms with Crippen LogP contribution in [-0.2, 0) is 67.1 Å². The van der Waals surface area contributed by atoms with Gasteiger partial charge in [-0.05, 0) is 142 Å². The zero-order chi connectivity index (χ0) is 77.6. The Morgan fingerprint density at radius 2 is 0.559 bits per heavy atom. The molecule has 0 heterocycles. The Labute approximate surface area is 590 Å². The fraction of sp³-hybridized carbons (Fsp3) is 0.717. The number of aliphatic hydroxyl groups excluding tert-OH is 1. The van der Waals surface area contributed by atoms with E-state index < -0.39 is 200 Å². The maximum absolute atomic E-state index is 14.5. The molecule has 42 nitrogen and oxygen atoms in total. The van der Waals surface area contributed by atoms with E-state index in [1.807, 2.05) is 0 Å². The lowest BCUT2D eigenvalue weighted by Crippen LogP contribution is -2.62. The van der Waals surface area contributed by atoms with Gasteiger partial charge in [0, 0.05) is 38.9 Å². The van der Waals surface area contributed by atoms with E-state index in [0.29, 0.717) is 38.6 Å². The molecule has 0 rings (SSSR count). The van der Waals surface area contributed by atoms with Crippen molar-refractivity contribution < 1.29 is 92.7 Å². The molecule has 0 radical (unpaired) electrons. The Balaban J connectivity index is 7.31. The number of amides is 10. The number of nitrogens with zero attached hydrogens (tertiary/aromatic N) is 3. The van der Waals surface area contributed by atoms with Crippen LogP contribution in [0, 0.1) is 5.92 Å². The van der Waals surface area contributed by atoms with Gasteiger partial charge in [0.25, 0.3) is 0 Å². The predicted octanol–water partition coefficient (Wildman–Crippen LogP) is -8.57. The minimum Gasteiger partial charge on any atom is -0.481 e. The summed E-state index contributed by atoms with van der Waals surface area (Å²) in [6.45, 7) is 4.41. The van der Waals surface area contributed by atoms with E-state index in [1.54, 1.807) is 0 Å². The normalized spacial score (nSPS) is 14.5. The maximum Gasteiger partial charge on any atom is 0.326 e. The van der Waals surface area contributed by atoms with Crippen molar-refractivity contribution in [2.24, 2.45) is 78.2 Å². The zero-order valence-electron chi connectivity index (χ0n) is 58.2. The SMILES string of the molecule is CC(C)[C@H](NC(=O)[C@@H](NC(=O)[C@H](CCC(=O)O)NC(=O)[C@H](CCCN=C(N)N)NC(=O)[C@H](CCCN=C(N)N)NC(=O)[C@H](CCCCN)NC(=O)[C@@H](N)CCCCN)[C@@H](C)O)C(=O)N[C@@H](CCC(=O)O)C(=O)N[C@@H](CCCN=C(N)N)C(=O)N[C@@H](CCC(=O)O)C(=O)N[C@@H](CCCCN)C(=O)O. The Hall–Kier alpha value is -9.81. The van der Waals surface area contributed by atoms with Gasteiger partial charge in [-0.25, -0.2) is 4.79 Å². The number of nitrogens with one attached hydrogen (secondary N) is 10. The molecule has 0 spiro atoms. The molecule has 42 heteroatoms. The van der Waals surface area contributed by atoms with Crippen LogP contribution in [0.1, 0.15) is 156 Å². The second kappa shape index (κ2) is 51.3. The first kappa shape index (κ1) is 92.2. The first-order valence-electron chi connectivity index (χ1n) is 33.6. The molecule has 0 unspecified atom stereocenters. The molecule has 0 saturated heterocycles. The third-order valence-electron chi connectivity index (χ3n) is 15.3. The van der Waals surface area contributed by atoms with Crippen molar-refractivity contribution >= 4 is 101 Å². The highest BCUT2D eigenvalue weighted by Crippen LogP contribution is 2.14. The number of nitrogens with two attached hydrogens (primary N) is 10. The van der Waals surface area contributed by atoms with Crippen molar-refractivity contribution in [3.63, 3.8) is 0 Å². The molecule has 580 valence electrons. The predicted molar refractivity (Wildman–Crippen MR) is 370 cm³/mol. The average molecular weight is 1460 g/mol. The number of carbonyl (C=O) groups is 14. The van der Waals surface area contributed by atoms with Gasteiger partial charge < -0.3 is 136 Å². The Kier molecular flexibility index (Phi) is 46.4. The minimum atomic E-state index is -2.03. The summed E-state index contributed by atoms with van der Waals surface area (Å²) in [6.07, 6.45) is -4.06. The molecule has 35 N–H and O–H groups in total. The number of aliphatic hydroxyl groups is 1.